The largest absolute Gasteiger partial charge is 0.391 e. The van der Waals surface area contributed by atoms with Crippen LogP contribution < -0.4 is 11.0 Å². The highest BCUT2D eigenvalue weighted by molar-refractivity contribution is 5.79. The molecule has 0 unspecified atom stereocenters. The molecule has 0 bridgehead atoms. The lowest BCUT2D eigenvalue weighted by Gasteiger charge is -2.28. The number of carbonyl (C=O) groups is 1. The molecule has 0 spiro atoms. The highest BCUT2D eigenvalue weighted by atomic mass is 16.3. The van der Waals surface area contributed by atoms with Gasteiger partial charge in [-0.05, 0) is 26.7 Å². The van der Waals surface area contributed by atoms with Crippen LogP contribution in [0.4, 0.5) is 0 Å². The van der Waals surface area contributed by atoms with Crippen LogP contribution in [0.15, 0.2) is 4.79 Å². The van der Waals surface area contributed by atoms with Gasteiger partial charge in [-0.3, -0.25) is 4.79 Å². The number of nitrogens with zero attached hydrogens (tertiary/aromatic N) is 1. The summed E-state index contributed by atoms with van der Waals surface area (Å²) in [5.41, 5.74) is 1.59. The Kier molecular flexibility index (Phi) is 4.54. The van der Waals surface area contributed by atoms with Gasteiger partial charge in [0, 0.05) is 17.0 Å². The van der Waals surface area contributed by atoms with Crippen LogP contribution in [-0.2, 0) is 11.2 Å². The molecule has 1 fully saturated rings. The molecule has 1 aromatic rings. The maximum Gasteiger partial charge on any atom is 0.345 e. The first-order chi connectivity index (χ1) is 9.47. The number of aromatic nitrogens is 2. The van der Waals surface area contributed by atoms with E-state index in [2.05, 4.69) is 15.3 Å². The van der Waals surface area contributed by atoms with E-state index in [1.807, 2.05) is 0 Å². The molecule has 1 amide bonds. The summed E-state index contributed by atoms with van der Waals surface area (Å²) in [6, 6.07) is -0.160. The molecule has 110 valence electrons. The molecule has 1 heterocycles. The molecule has 3 N–H and O–H groups in total. The Hall–Kier alpha value is -1.69. The summed E-state index contributed by atoms with van der Waals surface area (Å²) in [5, 5.41) is 12.7. The smallest absolute Gasteiger partial charge is 0.345 e. The maximum absolute atomic E-state index is 12.1. The van der Waals surface area contributed by atoms with Crippen molar-refractivity contribution in [3.8, 4) is 0 Å². The second-order valence-corrected chi connectivity index (χ2v) is 5.43. The van der Waals surface area contributed by atoms with Gasteiger partial charge in [0.2, 0.25) is 5.91 Å². The van der Waals surface area contributed by atoms with Gasteiger partial charge >= 0.3 is 5.69 Å². The molecule has 0 saturated heterocycles. The van der Waals surface area contributed by atoms with Crippen molar-refractivity contribution in [1.82, 2.24) is 15.3 Å². The Morgan fingerprint density at radius 3 is 2.75 bits per heavy atom. The molecular weight excluding hydrogens is 258 g/mol. The minimum absolute atomic E-state index is 0.143. The normalized spacial score (nSPS) is 22.6. The molecule has 6 heteroatoms. The molecule has 0 aromatic carbocycles. The molecule has 2 atom stereocenters. The first-order valence-corrected chi connectivity index (χ1v) is 7.01. The molecule has 20 heavy (non-hydrogen) atoms. The number of rotatable bonds is 3. The number of amides is 1. The predicted octanol–water partition coefficient (Wildman–Crippen LogP) is 0.349. The second kappa shape index (κ2) is 6.17. The van der Waals surface area contributed by atoms with Gasteiger partial charge in [-0.1, -0.05) is 12.8 Å². The Balaban J connectivity index is 2.03. The molecule has 1 aliphatic carbocycles. The Labute approximate surface area is 117 Å². The van der Waals surface area contributed by atoms with Crippen molar-refractivity contribution in [2.45, 2.75) is 58.1 Å². The van der Waals surface area contributed by atoms with E-state index in [1.165, 1.54) is 0 Å². The summed E-state index contributed by atoms with van der Waals surface area (Å²) in [7, 11) is 0. The minimum atomic E-state index is -0.455. The zero-order valence-corrected chi connectivity index (χ0v) is 11.9. The van der Waals surface area contributed by atoms with Crippen LogP contribution in [0, 0.1) is 13.8 Å². The Morgan fingerprint density at radius 1 is 1.40 bits per heavy atom. The summed E-state index contributed by atoms with van der Waals surface area (Å²) in [6.45, 7) is 3.48. The number of hydrogen-bond acceptors (Lipinski definition) is 4. The van der Waals surface area contributed by atoms with E-state index < -0.39 is 11.8 Å². The van der Waals surface area contributed by atoms with Crippen LogP contribution >= 0.6 is 0 Å². The molecule has 2 rings (SSSR count). The summed E-state index contributed by atoms with van der Waals surface area (Å²) >= 11 is 0. The number of nitrogens with one attached hydrogen (secondary N) is 2. The number of aryl methyl sites for hydroxylation is 2. The number of carbonyl (C=O) groups excluding carboxylic acids is 1. The van der Waals surface area contributed by atoms with Crippen LogP contribution in [0.1, 0.15) is 42.6 Å². The summed E-state index contributed by atoms with van der Waals surface area (Å²) in [6.07, 6.45) is 3.31. The first-order valence-electron chi connectivity index (χ1n) is 7.01. The quantitative estimate of drug-likeness (QED) is 0.744. The Morgan fingerprint density at radius 2 is 2.10 bits per heavy atom. The summed E-state index contributed by atoms with van der Waals surface area (Å²) in [5.74, 6) is -0.143. The third kappa shape index (κ3) is 3.45. The standard InChI is InChI=1S/C14H21N3O3/c1-8-10(9(2)16-14(20)15-8)7-13(19)17-11-5-3-4-6-12(11)18/h11-12,18H,3-7H2,1-2H3,(H,17,19)(H,15,16,20)/t11-,12-/m1/s1. The molecule has 1 saturated carbocycles. The van der Waals surface area contributed by atoms with E-state index >= 15 is 0 Å². The van der Waals surface area contributed by atoms with E-state index in [1.54, 1.807) is 13.8 Å². The van der Waals surface area contributed by atoms with Crippen molar-refractivity contribution in [3.63, 3.8) is 0 Å². The highest BCUT2D eigenvalue weighted by Crippen LogP contribution is 2.18. The van der Waals surface area contributed by atoms with Gasteiger partial charge in [-0.15, -0.1) is 0 Å². The van der Waals surface area contributed by atoms with E-state index in [0.717, 1.165) is 31.2 Å². The van der Waals surface area contributed by atoms with Crippen molar-refractivity contribution in [2.75, 3.05) is 0 Å². The maximum atomic E-state index is 12.1. The molecule has 1 aromatic heterocycles. The van der Waals surface area contributed by atoms with E-state index in [4.69, 9.17) is 0 Å². The lowest BCUT2D eigenvalue weighted by atomic mass is 9.92. The fourth-order valence-corrected chi connectivity index (χ4v) is 2.71. The van der Waals surface area contributed by atoms with Crippen LogP contribution in [0.2, 0.25) is 0 Å². The molecule has 6 nitrogen and oxygen atoms in total. The fraction of sp³-hybridized carbons (Fsp3) is 0.643. The number of aliphatic hydroxyl groups is 1. The Bertz CT molecular complexity index is 527. The number of aromatic amines is 1. The van der Waals surface area contributed by atoms with Crippen molar-refractivity contribution < 1.29 is 9.90 Å². The van der Waals surface area contributed by atoms with Crippen molar-refractivity contribution in [3.05, 3.63) is 27.4 Å². The lowest BCUT2D eigenvalue weighted by molar-refractivity contribution is -0.122. The van der Waals surface area contributed by atoms with Gasteiger partial charge < -0.3 is 15.4 Å². The lowest BCUT2D eigenvalue weighted by Crippen LogP contribution is -2.45. The second-order valence-electron chi connectivity index (χ2n) is 5.43. The van der Waals surface area contributed by atoms with Crippen LogP contribution in [0.5, 0.6) is 0 Å². The average molecular weight is 279 g/mol. The molecule has 1 aliphatic rings. The molecule has 0 radical (unpaired) electrons. The van der Waals surface area contributed by atoms with Gasteiger partial charge in [0.25, 0.3) is 0 Å². The fourth-order valence-electron chi connectivity index (χ4n) is 2.71. The van der Waals surface area contributed by atoms with Gasteiger partial charge in [-0.2, -0.15) is 4.98 Å². The highest BCUT2D eigenvalue weighted by Gasteiger charge is 2.24. The zero-order chi connectivity index (χ0) is 14.7. The topological polar surface area (TPSA) is 95.1 Å². The van der Waals surface area contributed by atoms with Crippen LogP contribution in [0.3, 0.4) is 0 Å². The number of aliphatic hydroxyl groups excluding tert-OH is 1. The number of hydrogen-bond donors (Lipinski definition) is 3. The monoisotopic (exact) mass is 279 g/mol. The first kappa shape index (κ1) is 14.7. The van der Waals surface area contributed by atoms with Gasteiger partial charge in [-0.25, -0.2) is 4.79 Å². The zero-order valence-electron chi connectivity index (χ0n) is 11.9. The van der Waals surface area contributed by atoms with Crippen LogP contribution in [0.25, 0.3) is 0 Å². The third-order valence-corrected chi connectivity index (χ3v) is 3.87. The summed E-state index contributed by atoms with van der Waals surface area (Å²) < 4.78 is 0. The SMILES string of the molecule is Cc1nc(=O)[nH]c(C)c1CC(=O)N[C@@H]1CCCC[C@H]1O. The van der Waals surface area contributed by atoms with Gasteiger partial charge in [0.1, 0.15) is 0 Å². The minimum Gasteiger partial charge on any atom is -0.391 e. The molecular formula is C14H21N3O3. The molecule has 0 aliphatic heterocycles. The van der Waals surface area contributed by atoms with E-state index in [9.17, 15) is 14.7 Å². The van der Waals surface area contributed by atoms with Crippen LogP contribution in [-0.4, -0.2) is 33.1 Å². The van der Waals surface area contributed by atoms with Gasteiger partial charge in [0.15, 0.2) is 0 Å². The predicted molar refractivity (Wildman–Crippen MR) is 74.4 cm³/mol. The average Bonchev–Trinajstić information content (AvgIpc) is 2.36. The van der Waals surface area contributed by atoms with E-state index in [-0.39, 0.29) is 18.4 Å². The van der Waals surface area contributed by atoms with Crippen molar-refractivity contribution in [1.29, 1.82) is 0 Å². The van der Waals surface area contributed by atoms with E-state index in [0.29, 0.717) is 11.4 Å². The summed E-state index contributed by atoms with van der Waals surface area (Å²) in [4.78, 5) is 29.7. The van der Waals surface area contributed by atoms with Gasteiger partial charge in [0.05, 0.1) is 18.6 Å². The third-order valence-electron chi connectivity index (χ3n) is 3.87. The number of H-pyrrole nitrogens is 1. The van der Waals surface area contributed by atoms with Crippen molar-refractivity contribution >= 4 is 5.91 Å². The van der Waals surface area contributed by atoms with Crippen molar-refractivity contribution in [2.24, 2.45) is 0 Å².